The van der Waals surface area contributed by atoms with Crippen molar-refractivity contribution < 1.29 is 18.7 Å². The molecule has 0 saturated carbocycles. The summed E-state index contributed by atoms with van der Waals surface area (Å²) >= 11 is 0. The molecule has 0 bridgehead atoms. The van der Waals surface area contributed by atoms with Gasteiger partial charge in [0.1, 0.15) is 5.82 Å². The number of fused-ring (bicyclic) bond motifs is 1. The monoisotopic (exact) mass is 303 g/mol. The van der Waals surface area contributed by atoms with Crippen LogP contribution in [-0.2, 0) is 17.7 Å². The first kappa shape index (κ1) is 14.2. The van der Waals surface area contributed by atoms with Crippen LogP contribution in [0.15, 0.2) is 24.3 Å². The summed E-state index contributed by atoms with van der Waals surface area (Å²) in [7, 11) is 1.29. The van der Waals surface area contributed by atoms with Gasteiger partial charge in [-0.2, -0.15) is 5.10 Å². The summed E-state index contributed by atoms with van der Waals surface area (Å²) in [6.07, 6.45) is 0.469. The van der Waals surface area contributed by atoms with Crippen molar-refractivity contribution in [3.05, 3.63) is 52.6 Å². The molecule has 1 aliphatic rings. The number of ether oxygens (including phenoxy) is 1. The van der Waals surface area contributed by atoms with Crippen LogP contribution in [0, 0.1) is 5.82 Å². The first-order valence-corrected chi connectivity index (χ1v) is 6.80. The van der Waals surface area contributed by atoms with Gasteiger partial charge in [0.15, 0.2) is 5.69 Å². The number of nitrogens with zero attached hydrogens (tertiary/aromatic N) is 2. The summed E-state index contributed by atoms with van der Waals surface area (Å²) in [6, 6.07) is 5.88. The van der Waals surface area contributed by atoms with Crippen molar-refractivity contribution in [2.24, 2.45) is 0 Å². The van der Waals surface area contributed by atoms with E-state index in [-0.39, 0.29) is 23.7 Å². The molecule has 6 nitrogen and oxygen atoms in total. The fraction of sp³-hybridized carbons (Fsp3) is 0.267. The molecule has 0 saturated heterocycles. The molecule has 0 spiro atoms. The highest BCUT2D eigenvalue weighted by Gasteiger charge is 2.29. The number of amides is 1. The number of aromatic amines is 1. The van der Waals surface area contributed by atoms with E-state index < -0.39 is 11.8 Å². The molecule has 7 heteroatoms. The highest BCUT2D eigenvalue weighted by Crippen LogP contribution is 2.22. The van der Waals surface area contributed by atoms with Crippen molar-refractivity contribution >= 4 is 11.9 Å². The molecule has 1 aliphatic heterocycles. The van der Waals surface area contributed by atoms with Crippen LogP contribution in [0.3, 0.4) is 0 Å². The zero-order valence-corrected chi connectivity index (χ0v) is 11.9. The number of aromatic nitrogens is 2. The second-order valence-corrected chi connectivity index (χ2v) is 4.98. The van der Waals surface area contributed by atoms with E-state index in [4.69, 9.17) is 0 Å². The van der Waals surface area contributed by atoms with Crippen LogP contribution in [0.4, 0.5) is 4.39 Å². The summed E-state index contributed by atoms with van der Waals surface area (Å²) in [5, 5.41) is 6.69. The first-order chi connectivity index (χ1) is 10.6. The topological polar surface area (TPSA) is 75.3 Å². The van der Waals surface area contributed by atoms with Gasteiger partial charge in [0.2, 0.25) is 0 Å². The summed E-state index contributed by atoms with van der Waals surface area (Å²) in [5.41, 5.74) is 1.72. The molecule has 1 aromatic carbocycles. The van der Waals surface area contributed by atoms with Gasteiger partial charge < -0.3 is 9.64 Å². The van der Waals surface area contributed by atoms with E-state index in [1.165, 1.54) is 30.2 Å². The van der Waals surface area contributed by atoms with Crippen molar-refractivity contribution in [1.29, 1.82) is 0 Å². The molecule has 0 radical (unpaired) electrons. The van der Waals surface area contributed by atoms with E-state index in [2.05, 4.69) is 14.9 Å². The Hall–Kier alpha value is -2.70. The van der Waals surface area contributed by atoms with Gasteiger partial charge in [0.05, 0.1) is 24.9 Å². The Morgan fingerprint density at radius 1 is 1.36 bits per heavy atom. The van der Waals surface area contributed by atoms with Crippen molar-refractivity contribution in [3.8, 4) is 0 Å². The summed E-state index contributed by atoms with van der Waals surface area (Å²) in [5.74, 6) is -1.43. The number of esters is 1. The standard InChI is InChI=1S/C15H14FN3O3/c1-22-15(21)13-10-6-7-19(8-12(10)17-18-13)14(20)9-4-2-3-5-11(9)16/h2-5H,6-8H2,1H3,(H,17,18). The van der Waals surface area contributed by atoms with Crippen molar-refractivity contribution in [2.75, 3.05) is 13.7 Å². The third kappa shape index (κ3) is 2.34. The third-order valence-corrected chi connectivity index (χ3v) is 3.70. The maximum Gasteiger partial charge on any atom is 0.358 e. The van der Waals surface area contributed by atoms with Gasteiger partial charge in [0.25, 0.3) is 5.91 Å². The van der Waals surface area contributed by atoms with E-state index in [0.717, 1.165) is 5.56 Å². The van der Waals surface area contributed by atoms with E-state index in [0.29, 0.717) is 18.7 Å². The second kappa shape index (κ2) is 5.59. The van der Waals surface area contributed by atoms with E-state index >= 15 is 0 Å². The van der Waals surface area contributed by atoms with Crippen LogP contribution in [0.2, 0.25) is 0 Å². The number of H-pyrrole nitrogens is 1. The van der Waals surface area contributed by atoms with E-state index in [1.807, 2.05) is 0 Å². The minimum atomic E-state index is -0.543. The molecule has 0 fully saturated rings. The number of carbonyl (C=O) groups is 2. The number of carbonyl (C=O) groups excluding carboxylic acids is 2. The number of nitrogens with one attached hydrogen (secondary N) is 1. The predicted octanol–water partition coefficient (Wildman–Crippen LogP) is 1.53. The smallest absolute Gasteiger partial charge is 0.358 e. The largest absolute Gasteiger partial charge is 0.464 e. The molecule has 3 rings (SSSR count). The van der Waals surface area contributed by atoms with Crippen molar-refractivity contribution in [2.45, 2.75) is 13.0 Å². The van der Waals surface area contributed by atoms with Crippen molar-refractivity contribution in [1.82, 2.24) is 15.1 Å². The lowest BCUT2D eigenvalue weighted by molar-refractivity contribution is 0.0592. The quantitative estimate of drug-likeness (QED) is 0.854. The maximum atomic E-state index is 13.7. The summed E-state index contributed by atoms with van der Waals surface area (Å²) in [6.45, 7) is 0.649. The van der Waals surface area contributed by atoms with Crippen LogP contribution >= 0.6 is 0 Å². The first-order valence-electron chi connectivity index (χ1n) is 6.80. The van der Waals surface area contributed by atoms with Crippen LogP contribution < -0.4 is 0 Å². The van der Waals surface area contributed by atoms with Gasteiger partial charge in [-0.1, -0.05) is 12.1 Å². The third-order valence-electron chi connectivity index (χ3n) is 3.70. The van der Waals surface area contributed by atoms with Crippen LogP contribution in [0.25, 0.3) is 0 Å². The fourth-order valence-corrected chi connectivity index (χ4v) is 2.56. The van der Waals surface area contributed by atoms with Crippen molar-refractivity contribution in [3.63, 3.8) is 0 Å². The molecule has 114 valence electrons. The number of hydrogen-bond acceptors (Lipinski definition) is 4. The predicted molar refractivity (Wildman–Crippen MR) is 74.8 cm³/mol. The van der Waals surface area contributed by atoms with E-state index in [9.17, 15) is 14.0 Å². The zero-order valence-electron chi connectivity index (χ0n) is 11.9. The average molecular weight is 303 g/mol. The highest BCUT2D eigenvalue weighted by atomic mass is 19.1. The van der Waals surface area contributed by atoms with Crippen LogP contribution in [0.1, 0.15) is 32.1 Å². The lowest BCUT2D eigenvalue weighted by atomic mass is 10.0. The fourth-order valence-electron chi connectivity index (χ4n) is 2.56. The molecular formula is C15H14FN3O3. The molecule has 1 amide bonds. The number of rotatable bonds is 2. The summed E-state index contributed by atoms with van der Waals surface area (Å²) < 4.78 is 18.4. The minimum absolute atomic E-state index is 0.0404. The number of hydrogen-bond donors (Lipinski definition) is 1. The van der Waals surface area contributed by atoms with E-state index in [1.54, 1.807) is 6.07 Å². The van der Waals surface area contributed by atoms with Gasteiger partial charge in [-0.15, -0.1) is 0 Å². The molecule has 2 aromatic rings. The van der Waals surface area contributed by atoms with Gasteiger partial charge in [-0.3, -0.25) is 9.89 Å². The Morgan fingerprint density at radius 3 is 2.86 bits per heavy atom. The molecule has 1 aromatic heterocycles. The molecular weight excluding hydrogens is 289 g/mol. The summed E-state index contributed by atoms with van der Waals surface area (Å²) in [4.78, 5) is 25.5. The average Bonchev–Trinajstić information content (AvgIpc) is 2.97. The molecule has 1 N–H and O–H groups in total. The van der Waals surface area contributed by atoms with Crippen LogP contribution in [0.5, 0.6) is 0 Å². The maximum absolute atomic E-state index is 13.7. The highest BCUT2D eigenvalue weighted by molar-refractivity contribution is 5.95. The van der Waals surface area contributed by atoms with Gasteiger partial charge in [-0.05, 0) is 18.6 Å². The lowest BCUT2D eigenvalue weighted by Gasteiger charge is -2.27. The molecule has 0 aliphatic carbocycles. The second-order valence-electron chi connectivity index (χ2n) is 4.98. The number of benzene rings is 1. The normalized spacial score (nSPS) is 13.6. The van der Waals surface area contributed by atoms with Crippen LogP contribution in [-0.4, -0.2) is 40.6 Å². The molecule has 22 heavy (non-hydrogen) atoms. The minimum Gasteiger partial charge on any atom is -0.464 e. The number of halogens is 1. The molecule has 0 atom stereocenters. The van der Waals surface area contributed by atoms with Gasteiger partial charge >= 0.3 is 5.97 Å². The van der Waals surface area contributed by atoms with Gasteiger partial charge in [0, 0.05) is 12.1 Å². The Balaban J connectivity index is 1.83. The Bertz CT molecular complexity index is 741. The molecule has 2 heterocycles. The van der Waals surface area contributed by atoms with Gasteiger partial charge in [-0.25, -0.2) is 9.18 Å². The molecule has 0 unspecified atom stereocenters. The lowest BCUT2D eigenvalue weighted by Crippen LogP contribution is -2.36. The Labute approximate surface area is 125 Å². The Kier molecular flexibility index (Phi) is 3.62. The number of methoxy groups -OCH3 is 1. The SMILES string of the molecule is COC(=O)c1n[nH]c2c1CCN(C(=O)c1ccccc1F)C2. The Morgan fingerprint density at radius 2 is 2.14 bits per heavy atom. The zero-order chi connectivity index (χ0) is 15.7.